The Morgan fingerprint density at radius 1 is 1.62 bits per heavy atom. The number of carbonyl (C=O) groups is 2. The van der Waals surface area contributed by atoms with E-state index in [9.17, 15) is 9.59 Å². The molecule has 1 unspecified atom stereocenters. The number of halogens is 1. The molecule has 3 N–H and O–H groups in total. The summed E-state index contributed by atoms with van der Waals surface area (Å²) in [7, 11) is 0. The highest BCUT2D eigenvalue weighted by Gasteiger charge is 2.23. The lowest BCUT2D eigenvalue weighted by atomic mass is 10.3. The standard InChI is InChI=1S/C13H20N4O2S.ClH/c1-9(7-17-6-2-3-12(17)18)15-13(19)10-8-20-11(16-10)4-5-14;/h8-9H,2-7,14H2,1H3,(H,15,19);1H. The van der Waals surface area contributed by atoms with Crippen LogP contribution in [-0.4, -0.2) is 47.4 Å². The van der Waals surface area contributed by atoms with Crippen molar-refractivity contribution in [1.82, 2.24) is 15.2 Å². The molecule has 0 radical (unpaired) electrons. The third kappa shape index (κ3) is 4.94. The lowest BCUT2D eigenvalue weighted by Gasteiger charge is -2.21. The topological polar surface area (TPSA) is 88.3 Å². The largest absolute Gasteiger partial charge is 0.346 e. The molecule has 2 rings (SSSR count). The fourth-order valence-corrected chi connectivity index (χ4v) is 3.02. The van der Waals surface area contributed by atoms with Crippen molar-refractivity contribution in [2.45, 2.75) is 32.2 Å². The van der Waals surface area contributed by atoms with Crippen LogP contribution in [0, 0.1) is 0 Å². The molecule has 1 saturated heterocycles. The van der Waals surface area contributed by atoms with E-state index in [0.29, 0.717) is 31.6 Å². The molecule has 0 spiro atoms. The van der Waals surface area contributed by atoms with Crippen LogP contribution >= 0.6 is 23.7 Å². The van der Waals surface area contributed by atoms with Crippen LogP contribution in [0.5, 0.6) is 0 Å². The lowest BCUT2D eigenvalue weighted by molar-refractivity contribution is -0.127. The van der Waals surface area contributed by atoms with E-state index >= 15 is 0 Å². The minimum Gasteiger partial charge on any atom is -0.346 e. The van der Waals surface area contributed by atoms with Crippen LogP contribution in [0.3, 0.4) is 0 Å². The maximum absolute atomic E-state index is 12.0. The van der Waals surface area contributed by atoms with Crippen LogP contribution in [-0.2, 0) is 11.2 Å². The van der Waals surface area contributed by atoms with Gasteiger partial charge in [-0.05, 0) is 19.9 Å². The summed E-state index contributed by atoms with van der Waals surface area (Å²) in [6, 6.07) is -0.0794. The van der Waals surface area contributed by atoms with Gasteiger partial charge in [0.1, 0.15) is 5.69 Å². The van der Waals surface area contributed by atoms with Crippen molar-refractivity contribution in [2.24, 2.45) is 5.73 Å². The van der Waals surface area contributed by atoms with Crippen molar-refractivity contribution in [3.8, 4) is 0 Å². The zero-order chi connectivity index (χ0) is 14.5. The Kier molecular flexibility index (Phi) is 7.07. The smallest absolute Gasteiger partial charge is 0.271 e. The zero-order valence-corrected chi connectivity index (χ0v) is 13.6. The van der Waals surface area contributed by atoms with Crippen LogP contribution < -0.4 is 11.1 Å². The van der Waals surface area contributed by atoms with Gasteiger partial charge >= 0.3 is 0 Å². The van der Waals surface area contributed by atoms with E-state index in [2.05, 4.69) is 10.3 Å². The molecule has 21 heavy (non-hydrogen) atoms. The summed E-state index contributed by atoms with van der Waals surface area (Å²) in [5.41, 5.74) is 5.89. The Labute approximate surface area is 134 Å². The van der Waals surface area contributed by atoms with Gasteiger partial charge in [0.05, 0.1) is 5.01 Å². The molecule has 2 amide bonds. The molecule has 1 atom stereocenters. The summed E-state index contributed by atoms with van der Waals surface area (Å²) in [6.45, 7) is 3.78. The van der Waals surface area contributed by atoms with Gasteiger partial charge in [0, 0.05) is 37.4 Å². The first-order valence-corrected chi connectivity index (χ1v) is 7.71. The van der Waals surface area contributed by atoms with Crippen molar-refractivity contribution in [2.75, 3.05) is 19.6 Å². The number of hydrogen-bond donors (Lipinski definition) is 2. The number of rotatable bonds is 6. The van der Waals surface area contributed by atoms with E-state index in [1.807, 2.05) is 6.92 Å². The van der Waals surface area contributed by atoms with Crippen molar-refractivity contribution in [3.05, 3.63) is 16.1 Å². The molecular weight excluding hydrogens is 312 g/mol. The predicted octanol–water partition coefficient (Wildman–Crippen LogP) is 0.807. The molecule has 1 aliphatic rings. The maximum Gasteiger partial charge on any atom is 0.271 e. The Morgan fingerprint density at radius 3 is 3.00 bits per heavy atom. The van der Waals surface area contributed by atoms with Crippen LogP contribution in [0.2, 0.25) is 0 Å². The first-order chi connectivity index (χ1) is 9.60. The highest BCUT2D eigenvalue weighted by atomic mass is 35.5. The van der Waals surface area contributed by atoms with E-state index in [4.69, 9.17) is 5.73 Å². The Balaban J connectivity index is 0.00000220. The van der Waals surface area contributed by atoms with Gasteiger partial charge < -0.3 is 16.0 Å². The van der Waals surface area contributed by atoms with Gasteiger partial charge in [-0.3, -0.25) is 9.59 Å². The number of carbonyl (C=O) groups excluding carboxylic acids is 2. The molecule has 1 fully saturated rings. The Hall–Kier alpha value is -1.18. The summed E-state index contributed by atoms with van der Waals surface area (Å²) in [5.74, 6) is -0.0198. The van der Waals surface area contributed by atoms with E-state index in [-0.39, 0.29) is 30.3 Å². The highest BCUT2D eigenvalue weighted by Crippen LogP contribution is 2.12. The van der Waals surface area contributed by atoms with Gasteiger partial charge in [-0.25, -0.2) is 4.98 Å². The number of nitrogens with two attached hydrogens (primary N) is 1. The highest BCUT2D eigenvalue weighted by molar-refractivity contribution is 7.09. The van der Waals surface area contributed by atoms with Crippen LogP contribution in [0.1, 0.15) is 35.3 Å². The van der Waals surface area contributed by atoms with Crippen molar-refractivity contribution < 1.29 is 9.59 Å². The zero-order valence-electron chi connectivity index (χ0n) is 12.0. The second-order valence-corrected chi connectivity index (χ2v) is 5.93. The molecule has 8 heteroatoms. The summed E-state index contributed by atoms with van der Waals surface area (Å²) < 4.78 is 0. The average molecular weight is 333 g/mol. The molecule has 1 aromatic rings. The molecule has 6 nitrogen and oxygen atoms in total. The van der Waals surface area contributed by atoms with Gasteiger partial charge in [-0.2, -0.15) is 0 Å². The minimum atomic E-state index is -0.191. The second kappa shape index (κ2) is 8.31. The quantitative estimate of drug-likeness (QED) is 0.806. The van der Waals surface area contributed by atoms with Gasteiger partial charge in [0.15, 0.2) is 0 Å². The first-order valence-electron chi connectivity index (χ1n) is 6.83. The Morgan fingerprint density at radius 2 is 2.38 bits per heavy atom. The van der Waals surface area contributed by atoms with E-state index in [1.54, 1.807) is 10.3 Å². The molecule has 2 heterocycles. The van der Waals surface area contributed by atoms with Crippen LogP contribution in [0.25, 0.3) is 0 Å². The van der Waals surface area contributed by atoms with Gasteiger partial charge in [-0.1, -0.05) is 0 Å². The fraction of sp³-hybridized carbons (Fsp3) is 0.615. The molecule has 0 aromatic carbocycles. The number of nitrogens with one attached hydrogen (secondary N) is 1. The monoisotopic (exact) mass is 332 g/mol. The number of hydrogen-bond acceptors (Lipinski definition) is 5. The lowest BCUT2D eigenvalue weighted by Crippen LogP contribution is -2.42. The summed E-state index contributed by atoms with van der Waals surface area (Å²) in [4.78, 5) is 29.6. The van der Waals surface area contributed by atoms with Crippen molar-refractivity contribution in [3.63, 3.8) is 0 Å². The van der Waals surface area contributed by atoms with Crippen LogP contribution in [0.4, 0.5) is 0 Å². The average Bonchev–Trinajstić information content (AvgIpc) is 3.00. The van der Waals surface area contributed by atoms with E-state index < -0.39 is 0 Å². The Bertz CT molecular complexity index is 494. The number of nitrogens with zero attached hydrogens (tertiary/aromatic N) is 2. The molecule has 1 aromatic heterocycles. The second-order valence-electron chi connectivity index (χ2n) is 4.98. The summed E-state index contributed by atoms with van der Waals surface area (Å²) in [6.07, 6.45) is 2.22. The maximum atomic E-state index is 12.0. The molecular formula is C13H21ClN4O2S. The number of aromatic nitrogens is 1. The third-order valence-corrected chi connectivity index (χ3v) is 4.09. The van der Waals surface area contributed by atoms with Gasteiger partial charge in [0.25, 0.3) is 5.91 Å². The molecule has 118 valence electrons. The fourth-order valence-electron chi connectivity index (χ4n) is 2.22. The van der Waals surface area contributed by atoms with Gasteiger partial charge in [0.2, 0.25) is 5.91 Å². The van der Waals surface area contributed by atoms with Crippen molar-refractivity contribution in [1.29, 1.82) is 0 Å². The number of amides is 2. The predicted molar refractivity (Wildman–Crippen MR) is 84.9 cm³/mol. The molecule has 0 aliphatic carbocycles. The molecule has 0 bridgehead atoms. The SMILES string of the molecule is CC(CN1CCCC1=O)NC(=O)c1csc(CCN)n1.Cl. The first kappa shape index (κ1) is 17.9. The molecule has 0 saturated carbocycles. The van der Waals surface area contributed by atoms with E-state index in [0.717, 1.165) is 18.0 Å². The number of thiazole rings is 1. The van der Waals surface area contributed by atoms with Gasteiger partial charge in [-0.15, -0.1) is 23.7 Å². The van der Waals surface area contributed by atoms with Crippen LogP contribution in [0.15, 0.2) is 5.38 Å². The third-order valence-electron chi connectivity index (χ3n) is 3.19. The summed E-state index contributed by atoms with van der Waals surface area (Å²) in [5, 5.41) is 5.50. The number of likely N-dealkylation sites (tertiary alicyclic amines) is 1. The summed E-state index contributed by atoms with van der Waals surface area (Å²) >= 11 is 1.45. The molecule has 1 aliphatic heterocycles. The van der Waals surface area contributed by atoms with Crippen molar-refractivity contribution >= 4 is 35.6 Å². The minimum absolute atomic E-state index is 0. The van der Waals surface area contributed by atoms with E-state index in [1.165, 1.54) is 11.3 Å². The normalized spacial score (nSPS) is 15.7.